The molecule has 0 aliphatic rings. The Kier molecular flexibility index (Phi) is 3.55. The lowest BCUT2D eigenvalue weighted by Gasteiger charge is -2.04. The molecule has 7 aromatic rings. The second kappa shape index (κ2) is 6.56. The maximum Gasteiger partial charge on any atom is 0.143 e. The van der Waals surface area contributed by atoms with Crippen molar-refractivity contribution in [2.45, 2.75) is 0 Å². The summed E-state index contributed by atoms with van der Waals surface area (Å²) >= 11 is 0. The Labute approximate surface area is 183 Å². The van der Waals surface area contributed by atoms with Crippen molar-refractivity contribution in [2.24, 2.45) is 0 Å². The normalized spacial score (nSPS) is 11.8. The lowest BCUT2D eigenvalue weighted by molar-refractivity contribution is 0.665. The van der Waals surface area contributed by atoms with Crippen molar-refractivity contribution >= 4 is 43.9 Å². The predicted octanol–water partition coefficient (Wildman–Crippen LogP) is 8.21. The van der Waals surface area contributed by atoms with E-state index in [2.05, 4.69) is 71.7 Å². The van der Waals surface area contributed by atoms with Crippen LogP contribution in [0.4, 0.5) is 0 Å². The van der Waals surface area contributed by atoms with E-state index in [1.165, 1.54) is 0 Å². The zero-order chi connectivity index (χ0) is 21.1. The first-order valence-corrected chi connectivity index (χ1v) is 10.6. The number of para-hydroxylation sites is 4. The molecule has 0 radical (unpaired) electrons. The Hall–Kier alpha value is -4.37. The molecule has 0 spiro atoms. The highest BCUT2D eigenvalue weighted by Gasteiger charge is 2.18. The van der Waals surface area contributed by atoms with Gasteiger partial charge in [0.1, 0.15) is 22.3 Å². The van der Waals surface area contributed by atoms with Crippen molar-refractivity contribution < 1.29 is 8.83 Å². The zero-order valence-electron chi connectivity index (χ0n) is 17.1. The van der Waals surface area contributed by atoms with Crippen molar-refractivity contribution in [3.63, 3.8) is 0 Å². The molecule has 0 unspecified atom stereocenters. The van der Waals surface area contributed by atoms with Gasteiger partial charge in [0.2, 0.25) is 0 Å². The van der Waals surface area contributed by atoms with Crippen molar-refractivity contribution in [3.8, 4) is 22.3 Å². The molecule has 4 aromatic carbocycles. The molecule has 0 bridgehead atoms. The third-order valence-corrected chi connectivity index (χ3v) is 6.19. The van der Waals surface area contributed by atoms with Crippen LogP contribution in [0.15, 0.2) is 112 Å². The van der Waals surface area contributed by atoms with E-state index >= 15 is 0 Å². The number of aromatic nitrogens is 1. The van der Waals surface area contributed by atoms with Gasteiger partial charge in [-0.15, -0.1) is 0 Å². The first-order chi connectivity index (χ1) is 15.9. The van der Waals surface area contributed by atoms with Gasteiger partial charge in [-0.25, -0.2) is 0 Å². The summed E-state index contributed by atoms with van der Waals surface area (Å²) in [6, 6.07) is 31.1. The van der Waals surface area contributed by atoms with E-state index in [1.54, 1.807) is 6.20 Å². The van der Waals surface area contributed by atoms with Gasteiger partial charge in [-0.1, -0.05) is 78.9 Å². The van der Waals surface area contributed by atoms with E-state index in [1.807, 2.05) is 30.5 Å². The fourth-order valence-electron chi connectivity index (χ4n) is 4.74. The van der Waals surface area contributed by atoms with Crippen LogP contribution in [0.25, 0.3) is 66.1 Å². The van der Waals surface area contributed by atoms with Gasteiger partial charge >= 0.3 is 0 Å². The van der Waals surface area contributed by atoms with Gasteiger partial charge in [0, 0.05) is 56.2 Å². The summed E-state index contributed by atoms with van der Waals surface area (Å²) in [7, 11) is 0. The molecule has 3 heteroatoms. The van der Waals surface area contributed by atoms with Crippen LogP contribution in [0, 0.1) is 0 Å². The summed E-state index contributed by atoms with van der Waals surface area (Å²) < 4.78 is 12.9. The van der Waals surface area contributed by atoms with Gasteiger partial charge in [0.25, 0.3) is 0 Å². The van der Waals surface area contributed by atoms with Crippen molar-refractivity contribution in [1.82, 2.24) is 4.98 Å². The van der Waals surface area contributed by atoms with Gasteiger partial charge in [-0.05, 0) is 12.1 Å². The van der Waals surface area contributed by atoms with Gasteiger partial charge in [0.05, 0.1) is 0 Å². The van der Waals surface area contributed by atoms with Crippen LogP contribution < -0.4 is 0 Å². The van der Waals surface area contributed by atoms with Crippen molar-refractivity contribution in [2.75, 3.05) is 0 Å². The fraction of sp³-hybridized carbons (Fsp3) is 0. The standard InChI is InChI=1S/C29H17NO2/c1-2-15-26-20(8-1)21-10-4-12-23(28(21)31-26)25-14-5-13-24-22-11-3-9-19(27(22)32-29(24)25)18-7-6-16-30-17-18/h1-17H. The van der Waals surface area contributed by atoms with E-state index in [9.17, 15) is 0 Å². The van der Waals surface area contributed by atoms with Crippen molar-refractivity contribution in [3.05, 3.63) is 103 Å². The Morgan fingerprint density at radius 3 is 1.78 bits per heavy atom. The molecule has 0 saturated heterocycles. The summed E-state index contributed by atoms with van der Waals surface area (Å²) in [5, 5.41) is 4.43. The molecule has 3 nitrogen and oxygen atoms in total. The fourth-order valence-corrected chi connectivity index (χ4v) is 4.74. The molecule has 150 valence electrons. The van der Waals surface area contributed by atoms with E-state index in [0.717, 1.165) is 66.1 Å². The number of nitrogens with zero attached hydrogens (tertiary/aromatic N) is 1. The number of benzene rings is 4. The second-order valence-electron chi connectivity index (χ2n) is 7.99. The molecule has 32 heavy (non-hydrogen) atoms. The smallest absolute Gasteiger partial charge is 0.143 e. The second-order valence-corrected chi connectivity index (χ2v) is 7.99. The van der Waals surface area contributed by atoms with Crippen LogP contribution in [-0.2, 0) is 0 Å². The van der Waals surface area contributed by atoms with Crippen molar-refractivity contribution in [1.29, 1.82) is 0 Å². The van der Waals surface area contributed by atoms with Gasteiger partial charge in [-0.3, -0.25) is 4.98 Å². The average Bonchev–Trinajstić information content (AvgIpc) is 3.43. The Bertz CT molecular complexity index is 1770. The van der Waals surface area contributed by atoms with Crippen LogP contribution in [-0.4, -0.2) is 4.98 Å². The van der Waals surface area contributed by atoms with Crippen LogP contribution in [0.1, 0.15) is 0 Å². The number of fused-ring (bicyclic) bond motifs is 6. The van der Waals surface area contributed by atoms with Crippen LogP contribution in [0.3, 0.4) is 0 Å². The monoisotopic (exact) mass is 411 g/mol. The third kappa shape index (κ3) is 2.39. The average molecular weight is 411 g/mol. The highest BCUT2D eigenvalue weighted by molar-refractivity contribution is 6.16. The quantitative estimate of drug-likeness (QED) is 0.288. The molecular formula is C29H17NO2. The van der Waals surface area contributed by atoms with Gasteiger partial charge < -0.3 is 8.83 Å². The van der Waals surface area contributed by atoms with Crippen LogP contribution in [0.2, 0.25) is 0 Å². The summed E-state index contributed by atoms with van der Waals surface area (Å²) in [4.78, 5) is 4.29. The summed E-state index contributed by atoms with van der Waals surface area (Å²) in [6.07, 6.45) is 3.66. The summed E-state index contributed by atoms with van der Waals surface area (Å²) in [5.74, 6) is 0. The number of pyridine rings is 1. The molecule has 3 heterocycles. The summed E-state index contributed by atoms with van der Waals surface area (Å²) in [5.41, 5.74) is 7.66. The first kappa shape index (κ1) is 17.3. The minimum atomic E-state index is 0.867. The maximum atomic E-state index is 6.58. The van der Waals surface area contributed by atoms with Gasteiger partial charge in [-0.2, -0.15) is 0 Å². The number of rotatable bonds is 2. The van der Waals surface area contributed by atoms with Crippen LogP contribution in [0.5, 0.6) is 0 Å². The highest BCUT2D eigenvalue weighted by Crippen LogP contribution is 2.42. The molecule has 0 aliphatic heterocycles. The number of hydrogen-bond donors (Lipinski definition) is 0. The van der Waals surface area contributed by atoms with E-state index in [4.69, 9.17) is 8.83 Å². The molecule has 0 fully saturated rings. The first-order valence-electron chi connectivity index (χ1n) is 10.6. The molecule has 3 aromatic heterocycles. The Balaban J connectivity index is 1.56. The lowest BCUT2D eigenvalue weighted by atomic mass is 9.99. The minimum absolute atomic E-state index is 0.867. The topological polar surface area (TPSA) is 39.2 Å². The molecule has 0 amide bonds. The molecule has 0 saturated carbocycles. The molecular weight excluding hydrogens is 394 g/mol. The number of hydrogen-bond acceptors (Lipinski definition) is 3. The zero-order valence-corrected chi connectivity index (χ0v) is 17.1. The summed E-state index contributed by atoms with van der Waals surface area (Å²) in [6.45, 7) is 0. The Morgan fingerprint density at radius 2 is 1.06 bits per heavy atom. The van der Waals surface area contributed by atoms with E-state index < -0.39 is 0 Å². The third-order valence-electron chi connectivity index (χ3n) is 6.19. The minimum Gasteiger partial charge on any atom is -0.455 e. The highest BCUT2D eigenvalue weighted by atomic mass is 16.3. The van der Waals surface area contributed by atoms with E-state index in [0.29, 0.717) is 0 Å². The molecule has 7 rings (SSSR count). The molecule has 0 aliphatic carbocycles. The molecule has 0 atom stereocenters. The SMILES string of the molecule is c1cncc(-c2cccc3c2oc2c(-c4cccc5c4oc4ccccc45)cccc23)c1. The number of furan rings is 2. The largest absolute Gasteiger partial charge is 0.455 e. The van der Waals surface area contributed by atoms with Gasteiger partial charge in [0.15, 0.2) is 0 Å². The van der Waals surface area contributed by atoms with Crippen LogP contribution >= 0.6 is 0 Å². The maximum absolute atomic E-state index is 6.58. The predicted molar refractivity (Wildman–Crippen MR) is 130 cm³/mol. The van der Waals surface area contributed by atoms with E-state index in [-0.39, 0.29) is 0 Å². The molecule has 0 N–H and O–H groups in total. The lowest BCUT2D eigenvalue weighted by Crippen LogP contribution is -1.80. The Morgan fingerprint density at radius 1 is 0.469 bits per heavy atom.